The Balaban J connectivity index is 2.77. The van der Waals surface area contributed by atoms with Crippen LogP contribution in [0.4, 0.5) is 17.1 Å². The number of nitro benzene ring substituents is 2. The van der Waals surface area contributed by atoms with Crippen LogP contribution in [0, 0.1) is 20.2 Å². The van der Waals surface area contributed by atoms with Crippen LogP contribution in [-0.2, 0) is 0 Å². The molecule has 0 atom stereocenters. The lowest BCUT2D eigenvalue weighted by atomic mass is 10.0. The Morgan fingerprint density at radius 2 is 1.64 bits per heavy atom. The predicted molar refractivity (Wildman–Crippen MR) is 85.4 cm³/mol. The summed E-state index contributed by atoms with van der Waals surface area (Å²) in [5.41, 5.74) is -0.0430. The van der Waals surface area contributed by atoms with Gasteiger partial charge in [-0.05, 0) is 12.5 Å². The smallest absolute Gasteiger partial charge is 0.300 e. The SMILES string of the molecule is CCCCN(C)c1c([N+](=O)[O-])cc([N+](=O)[O-])c2ccccc12. The van der Waals surface area contributed by atoms with E-state index in [4.69, 9.17) is 0 Å². The molecule has 0 saturated heterocycles. The highest BCUT2D eigenvalue weighted by atomic mass is 16.6. The maximum absolute atomic E-state index is 11.4. The fourth-order valence-electron chi connectivity index (χ4n) is 2.53. The summed E-state index contributed by atoms with van der Waals surface area (Å²) in [5.74, 6) is 0. The van der Waals surface area contributed by atoms with Gasteiger partial charge in [0.05, 0.1) is 21.3 Å². The summed E-state index contributed by atoms with van der Waals surface area (Å²) in [6.07, 6.45) is 1.85. The first-order chi connectivity index (χ1) is 10.5. The van der Waals surface area contributed by atoms with Gasteiger partial charge in [0.1, 0.15) is 5.69 Å². The third-order valence-electron chi connectivity index (χ3n) is 3.60. The van der Waals surface area contributed by atoms with E-state index in [9.17, 15) is 20.2 Å². The number of fused-ring (bicyclic) bond motifs is 1. The maximum atomic E-state index is 11.4. The molecule has 7 heteroatoms. The molecule has 0 amide bonds. The van der Waals surface area contributed by atoms with Gasteiger partial charge in [0.15, 0.2) is 0 Å². The van der Waals surface area contributed by atoms with Crippen molar-refractivity contribution in [3.05, 3.63) is 50.6 Å². The standard InChI is InChI=1S/C15H17N3O4/c1-3-4-9-16(2)15-12-8-6-5-7-11(12)13(17(19)20)10-14(15)18(21)22/h5-8,10H,3-4,9H2,1-2H3. The van der Waals surface area contributed by atoms with Gasteiger partial charge in [-0.25, -0.2) is 0 Å². The lowest BCUT2D eigenvalue weighted by molar-refractivity contribution is -0.392. The zero-order chi connectivity index (χ0) is 16.3. The maximum Gasteiger partial charge on any atom is 0.300 e. The van der Waals surface area contributed by atoms with Crippen molar-refractivity contribution in [2.45, 2.75) is 19.8 Å². The van der Waals surface area contributed by atoms with Crippen molar-refractivity contribution in [1.29, 1.82) is 0 Å². The lowest BCUT2D eigenvalue weighted by Gasteiger charge is -2.20. The van der Waals surface area contributed by atoms with Gasteiger partial charge < -0.3 is 4.90 Å². The van der Waals surface area contributed by atoms with Gasteiger partial charge in [0, 0.05) is 19.0 Å². The Labute approximate surface area is 127 Å². The van der Waals surface area contributed by atoms with Crippen molar-refractivity contribution in [3.63, 3.8) is 0 Å². The van der Waals surface area contributed by atoms with Crippen LogP contribution in [0.25, 0.3) is 10.8 Å². The summed E-state index contributed by atoms with van der Waals surface area (Å²) in [4.78, 5) is 23.2. The Morgan fingerprint density at radius 3 is 2.18 bits per heavy atom. The highest BCUT2D eigenvalue weighted by molar-refractivity contribution is 6.04. The van der Waals surface area contributed by atoms with E-state index in [1.54, 1.807) is 36.2 Å². The van der Waals surface area contributed by atoms with Crippen molar-refractivity contribution < 1.29 is 9.85 Å². The van der Waals surface area contributed by atoms with Crippen LogP contribution in [0.1, 0.15) is 19.8 Å². The van der Waals surface area contributed by atoms with Crippen LogP contribution < -0.4 is 4.90 Å². The second-order valence-corrected chi connectivity index (χ2v) is 5.10. The summed E-state index contributed by atoms with van der Waals surface area (Å²) in [7, 11) is 1.77. The van der Waals surface area contributed by atoms with Gasteiger partial charge in [-0.15, -0.1) is 0 Å². The molecule has 0 heterocycles. The average Bonchev–Trinajstić information content (AvgIpc) is 2.50. The third kappa shape index (κ3) is 2.83. The van der Waals surface area contributed by atoms with Crippen LogP contribution in [-0.4, -0.2) is 23.4 Å². The van der Waals surface area contributed by atoms with E-state index in [1.807, 2.05) is 6.92 Å². The molecule has 2 rings (SSSR count). The number of hydrogen-bond donors (Lipinski definition) is 0. The molecule has 0 aliphatic rings. The van der Waals surface area contributed by atoms with Gasteiger partial charge >= 0.3 is 0 Å². The summed E-state index contributed by atoms with van der Waals surface area (Å²) in [5, 5.41) is 23.5. The van der Waals surface area contributed by atoms with Crippen molar-refractivity contribution in [2.24, 2.45) is 0 Å². The predicted octanol–water partition coefficient (Wildman–Crippen LogP) is 3.89. The normalized spacial score (nSPS) is 10.6. The fourth-order valence-corrected chi connectivity index (χ4v) is 2.53. The van der Waals surface area contributed by atoms with Crippen LogP contribution in [0.2, 0.25) is 0 Å². The van der Waals surface area contributed by atoms with Gasteiger partial charge in [0.2, 0.25) is 0 Å². The van der Waals surface area contributed by atoms with Gasteiger partial charge in [-0.1, -0.05) is 31.5 Å². The second-order valence-electron chi connectivity index (χ2n) is 5.10. The molecule has 7 nitrogen and oxygen atoms in total. The first-order valence-corrected chi connectivity index (χ1v) is 7.03. The number of benzene rings is 2. The van der Waals surface area contributed by atoms with Crippen LogP contribution in [0.3, 0.4) is 0 Å². The van der Waals surface area contributed by atoms with E-state index in [2.05, 4.69) is 0 Å². The minimum absolute atomic E-state index is 0.232. The van der Waals surface area contributed by atoms with Crippen molar-refractivity contribution in [3.8, 4) is 0 Å². The van der Waals surface area contributed by atoms with Gasteiger partial charge in [-0.2, -0.15) is 0 Å². The van der Waals surface area contributed by atoms with E-state index in [0.29, 0.717) is 23.0 Å². The Morgan fingerprint density at radius 1 is 1.05 bits per heavy atom. The number of unbranched alkanes of at least 4 members (excludes halogenated alkanes) is 1. The van der Waals surface area contributed by atoms with Crippen molar-refractivity contribution in [2.75, 3.05) is 18.5 Å². The molecule has 0 bridgehead atoms. The molecule has 0 aromatic heterocycles. The number of hydrogen-bond acceptors (Lipinski definition) is 5. The quantitative estimate of drug-likeness (QED) is 0.596. The Bertz CT molecular complexity index is 730. The van der Waals surface area contributed by atoms with Crippen LogP contribution in [0.15, 0.2) is 30.3 Å². The monoisotopic (exact) mass is 303 g/mol. The first kappa shape index (κ1) is 15.7. The zero-order valence-electron chi connectivity index (χ0n) is 12.5. The number of rotatable bonds is 6. The number of nitrogens with zero attached hydrogens (tertiary/aromatic N) is 3. The molecule has 0 spiro atoms. The Kier molecular flexibility index (Phi) is 4.55. The summed E-state index contributed by atoms with van der Waals surface area (Å²) in [6, 6.07) is 7.78. The molecule has 2 aromatic rings. The molecule has 0 radical (unpaired) electrons. The highest BCUT2D eigenvalue weighted by Gasteiger charge is 2.27. The molecule has 2 aromatic carbocycles. The summed E-state index contributed by atoms with van der Waals surface area (Å²) >= 11 is 0. The molecule has 0 aliphatic heterocycles. The van der Waals surface area contributed by atoms with E-state index < -0.39 is 9.85 Å². The van der Waals surface area contributed by atoms with Crippen molar-refractivity contribution in [1.82, 2.24) is 0 Å². The molecule has 0 unspecified atom stereocenters. The molecule has 0 saturated carbocycles. The lowest BCUT2D eigenvalue weighted by Crippen LogP contribution is -2.20. The molecule has 116 valence electrons. The van der Waals surface area contributed by atoms with Gasteiger partial charge in [0.25, 0.3) is 11.4 Å². The van der Waals surface area contributed by atoms with E-state index in [1.165, 1.54) is 0 Å². The average molecular weight is 303 g/mol. The molecule has 0 aliphatic carbocycles. The Hall–Kier alpha value is -2.70. The number of anilines is 1. The third-order valence-corrected chi connectivity index (χ3v) is 3.60. The zero-order valence-corrected chi connectivity index (χ0v) is 12.5. The first-order valence-electron chi connectivity index (χ1n) is 7.03. The molecule has 0 N–H and O–H groups in total. The largest absolute Gasteiger partial charge is 0.369 e. The highest BCUT2D eigenvalue weighted by Crippen LogP contribution is 2.40. The van der Waals surface area contributed by atoms with E-state index >= 15 is 0 Å². The molecular weight excluding hydrogens is 286 g/mol. The summed E-state index contributed by atoms with van der Waals surface area (Å²) < 4.78 is 0. The topological polar surface area (TPSA) is 89.5 Å². The number of nitro groups is 2. The van der Waals surface area contributed by atoms with Crippen LogP contribution in [0.5, 0.6) is 0 Å². The second kappa shape index (κ2) is 6.38. The van der Waals surface area contributed by atoms with E-state index in [-0.39, 0.29) is 11.4 Å². The van der Waals surface area contributed by atoms with E-state index in [0.717, 1.165) is 18.9 Å². The summed E-state index contributed by atoms with van der Waals surface area (Å²) in [6.45, 7) is 2.69. The molecule has 22 heavy (non-hydrogen) atoms. The van der Waals surface area contributed by atoms with Crippen molar-refractivity contribution >= 4 is 27.8 Å². The van der Waals surface area contributed by atoms with Crippen LogP contribution >= 0.6 is 0 Å². The number of non-ortho nitro benzene ring substituents is 1. The minimum atomic E-state index is -0.578. The molecule has 0 fully saturated rings. The minimum Gasteiger partial charge on any atom is -0.369 e. The molecular formula is C15H17N3O4. The van der Waals surface area contributed by atoms with Gasteiger partial charge in [-0.3, -0.25) is 20.2 Å². The fraction of sp³-hybridized carbons (Fsp3) is 0.333.